The third-order valence-corrected chi connectivity index (χ3v) is 2.60. The Labute approximate surface area is 77.8 Å². The first kappa shape index (κ1) is 10.5. The highest BCUT2D eigenvalue weighted by Crippen LogP contribution is 2.15. The molecule has 0 unspecified atom stereocenters. The molecule has 0 aliphatic carbocycles. The van der Waals surface area contributed by atoms with Crippen molar-refractivity contribution in [1.82, 2.24) is 4.90 Å². The van der Waals surface area contributed by atoms with E-state index in [0.29, 0.717) is 6.54 Å². The highest BCUT2D eigenvalue weighted by Gasteiger charge is 2.24. The number of hydrogen-bond donors (Lipinski definition) is 0. The van der Waals surface area contributed by atoms with Crippen LogP contribution in [0.5, 0.6) is 0 Å². The maximum absolute atomic E-state index is 10.7. The average molecular weight is 207 g/mol. The Morgan fingerprint density at radius 2 is 2.31 bits per heavy atom. The molecule has 13 heavy (non-hydrogen) atoms. The van der Waals surface area contributed by atoms with E-state index < -0.39 is 10.1 Å². The zero-order chi connectivity index (χ0) is 9.90. The average Bonchev–Trinajstić information content (AvgIpc) is 2.46. The van der Waals surface area contributed by atoms with Crippen molar-refractivity contribution in [2.75, 3.05) is 19.4 Å². The molecule has 1 rings (SSSR count). The molecule has 6 heteroatoms. The van der Waals surface area contributed by atoms with Gasteiger partial charge in [0.25, 0.3) is 10.1 Å². The lowest BCUT2D eigenvalue weighted by molar-refractivity contribution is -0.119. The fourth-order valence-electron chi connectivity index (χ4n) is 1.38. The lowest BCUT2D eigenvalue weighted by Crippen LogP contribution is -2.32. The number of likely N-dealkylation sites (tertiary alicyclic amines) is 1. The summed E-state index contributed by atoms with van der Waals surface area (Å²) in [5, 5.41) is 0. The second-order valence-electron chi connectivity index (χ2n) is 3.13. The summed E-state index contributed by atoms with van der Waals surface area (Å²) in [5.74, 6) is 0. The van der Waals surface area contributed by atoms with E-state index >= 15 is 0 Å². The van der Waals surface area contributed by atoms with Gasteiger partial charge in [0.1, 0.15) is 0 Å². The monoisotopic (exact) mass is 207 g/mol. The molecule has 76 valence electrons. The van der Waals surface area contributed by atoms with Gasteiger partial charge in [-0.15, -0.1) is 0 Å². The lowest BCUT2D eigenvalue weighted by Gasteiger charge is -2.18. The van der Waals surface area contributed by atoms with E-state index in [4.69, 9.17) is 0 Å². The van der Waals surface area contributed by atoms with E-state index in [2.05, 4.69) is 4.18 Å². The van der Waals surface area contributed by atoms with Gasteiger partial charge in [-0.3, -0.25) is 8.98 Å². The summed E-state index contributed by atoms with van der Waals surface area (Å²) in [6.07, 6.45) is 3.47. The molecule has 1 heterocycles. The summed E-state index contributed by atoms with van der Waals surface area (Å²) in [6.45, 7) is 0.777. The molecular weight excluding hydrogens is 194 g/mol. The predicted octanol–water partition coefficient (Wildman–Crippen LogP) is -0.417. The highest BCUT2D eigenvalue weighted by atomic mass is 32.2. The normalized spacial score (nSPS) is 23.5. The van der Waals surface area contributed by atoms with E-state index in [1.807, 2.05) is 0 Å². The first-order valence-electron chi connectivity index (χ1n) is 4.08. The second-order valence-corrected chi connectivity index (χ2v) is 4.77. The van der Waals surface area contributed by atoms with Crippen LogP contribution in [0.4, 0.5) is 0 Å². The van der Waals surface area contributed by atoms with Crippen LogP contribution in [-0.4, -0.2) is 45.2 Å². The highest BCUT2D eigenvalue weighted by molar-refractivity contribution is 7.85. The standard InChI is InChI=1S/C7H13NO4S/c1-13(10,11)12-5-7-3-2-4-8(7)6-9/h6-7H,2-5H2,1H3/t7-/m1/s1. The molecule has 5 nitrogen and oxygen atoms in total. The van der Waals surface area contributed by atoms with Crippen LogP contribution in [0.15, 0.2) is 0 Å². The smallest absolute Gasteiger partial charge is 0.264 e. The number of amides is 1. The topological polar surface area (TPSA) is 63.7 Å². The van der Waals surface area contributed by atoms with Crippen LogP contribution in [0.3, 0.4) is 0 Å². The maximum Gasteiger partial charge on any atom is 0.264 e. The van der Waals surface area contributed by atoms with Crippen LogP contribution in [-0.2, 0) is 19.1 Å². The third-order valence-electron chi connectivity index (χ3n) is 2.03. The largest absolute Gasteiger partial charge is 0.340 e. The minimum atomic E-state index is -3.39. The summed E-state index contributed by atoms with van der Waals surface area (Å²) in [7, 11) is -3.39. The Morgan fingerprint density at radius 1 is 1.62 bits per heavy atom. The molecule has 0 aromatic heterocycles. The van der Waals surface area contributed by atoms with Crippen molar-refractivity contribution < 1.29 is 17.4 Å². The Morgan fingerprint density at radius 3 is 2.85 bits per heavy atom. The van der Waals surface area contributed by atoms with E-state index in [1.54, 1.807) is 4.90 Å². The van der Waals surface area contributed by atoms with E-state index in [-0.39, 0.29) is 12.6 Å². The van der Waals surface area contributed by atoms with Gasteiger partial charge in [0, 0.05) is 6.54 Å². The predicted molar refractivity (Wildman–Crippen MR) is 46.6 cm³/mol. The molecule has 0 N–H and O–H groups in total. The summed E-state index contributed by atoms with van der Waals surface area (Å²) in [6, 6.07) is -0.0766. The molecule has 1 saturated heterocycles. The Hall–Kier alpha value is -0.620. The zero-order valence-corrected chi connectivity index (χ0v) is 8.29. The Bertz CT molecular complexity index is 274. The van der Waals surface area contributed by atoms with Crippen LogP contribution in [0.2, 0.25) is 0 Å². The first-order valence-corrected chi connectivity index (χ1v) is 5.90. The molecule has 0 saturated carbocycles. The van der Waals surface area contributed by atoms with Crippen LogP contribution in [0.1, 0.15) is 12.8 Å². The molecule has 1 aliphatic rings. The lowest BCUT2D eigenvalue weighted by atomic mass is 10.2. The summed E-state index contributed by atoms with van der Waals surface area (Å²) >= 11 is 0. The van der Waals surface area contributed by atoms with Crippen molar-refractivity contribution in [3.8, 4) is 0 Å². The molecule has 0 spiro atoms. The molecule has 1 atom stereocenters. The molecule has 1 fully saturated rings. The van der Waals surface area contributed by atoms with Gasteiger partial charge < -0.3 is 4.90 Å². The Balaban J connectivity index is 2.40. The molecule has 0 aromatic rings. The molecule has 1 aliphatic heterocycles. The van der Waals surface area contributed by atoms with Gasteiger partial charge in [0.2, 0.25) is 6.41 Å². The first-order chi connectivity index (χ1) is 6.03. The number of carbonyl (C=O) groups is 1. The summed E-state index contributed by atoms with van der Waals surface area (Å²) in [4.78, 5) is 12.0. The van der Waals surface area contributed by atoms with Crippen LogP contribution in [0, 0.1) is 0 Å². The third kappa shape index (κ3) is 3.31. The van der Waals surface area contributed by atoms with Crippen LogP contribution < -0.4 is 0 Å². The van der Waals surface area contributed by atoms with Crippen molar-refractivity contribution in [3.63, 3.8) is 0 Å². The minimum Gasteiger partial charge on any atom is -0.340 e. The Kier molecular flexibility index (Phi) is 3.27. The summed E-state index contributed by atoms with van der Waals surface area (Å²) in [5.41, 5.74) is 0. The fourth-order valence-corrected chi connectivity index (χ4v) is 1.78. The van der Waals surface area contributed by atoms with Gasteiger partial charge in [-0.2, -0.15) is 8.42 Å². The molecule has 1 amide bonds. The number of hydrogen-bond acceptors (Lipinski definition) is 4. The number of nitrogens with zero attached hydrogens (tertiary/aromatic N) is 1. The second kappa shape index (κ2) is 4.06. The number of carbonyl (C=O) groups excluding carboxylic acids is 1. The van der Waals surface area contributed by atoms with Gasteiger partial charge >= 0.3 is 0 Å². The van der Waals surface area contributed by atoms with E-state index in [0.717, 1.165) is 25.5 Å². The van der Waals surface area contributed by atoms with Gasteiger partial charge in [-0.25, -0.2) is 0 Å². The van der Waals surface area contributed by atoms with Crippen LogP contribution >= 0.6 is 0 Å². The SMILES string of the molecule is CS(=O)(=O)OC[C@H]1CCCN1C=O. The molecule has 0 aromatic carbocycles. The summed E-state index contributed by atoms with van der Waals surface area (Å²) < 4.78 is 25.9. The fraction of sp³-hybridized carbons (Fsp3) is 0.857. The maximum atomic E-state index is 10.7. The van der Waals surface area contributed by atoms with E-state index in [9.17, 15) is 13.2 Å². The van der Waals surface area contributed by atoms with Crippen molar-refractivity contribution in [1.29, 1.82) is 0 Å². The van der Waals surface area contributed by atoms with Crippen molar-refractivity contribution in [3.05, 3.63) is 0 Å². The van der Waals surface area contributed by atoms with Gasteiger partial charge in [-0.05, 0) is 12.8 Å². The zero-order valence-electron chi connectivity index (χ0n) is 7.47. The van der Waals surface area contributed by atoms with Crippen molar-refractivity contribution in [2.24, 2.45) is 0 Å². The molecule has 0 radical (unpaired) electrons. The van der Waals surface area contributed by atoms with Gasteiger partial charge in [-0.1, -0.05) is 0 Å². The number of rotatable bonds is 4. The molecular formula is C7H13NO4S. The van der Waals surface area contributed by atoms with Gasteiger partial charge in [0.15, 0.2) is 0 Å². The minimum absolute atomic E-state index is 0.0766. The quantitative estimate of drug-likeness (QED) is 0.464. The van der Waals surface area contributed by atoms with Gasteiger partial charge in [0.05, 0.1) is 18.9 Å². The molecule has 0 bridgehead atoms. The van der Waals surface area contributed by atoms with Crippen molar-refractivity contribution >= 4 is 16.5 Å². The van der Waals surface area contributed by atoms with E-state index in [1.165, 1.54) is 0 Å². The van der Waals surface area contributed by atoms with Crippen LogP contribution in [0.25, 0.3) is 0 Å². The van der Waals surface area contributed by atoms with Crippen molar-refractivity contribution in [2.45, 2.75) is 18.9 Å².